The van der Waals surface area contributed by atoms with E-state index < -0.39 is 17.8 Å². The lowest BCUT2D eigenvalue weighted by molar-refractivity contribution is -0.141. The molecule has 9 heteroatoms. The standard InChI is InChI=1S/C17H18F3N5O/c18-17(19,20)13-5-4-12(10-22-13)16(26)23-11-14-21-7-6-15(24-14)25-8-2-1-3-9-25/h4-7,10H,1-3,8-9,11H2,(H,23,26). The van der Waals surface area contributed by atoms with Gasteiger partial charge in [0, 0.05) is 25.5 Å². The minimum Gasteiger partial charge on any atom is -0.357 e. The van der Waals surface area contributed by atoms with E-state index in [-0.39, 0.29) is 12.1 Å². The van der Waals surface area contributed by atoms with E-state index in [1.807, 2.05) is 6.07 Å². The smallest absolute Gasteiger partial charge is 0.357 e. The summed E-state index contributed by atoms with van der Waals surface area (Å²) in [5.74, 6) is 0.736. The van der Waals surface area contributed by atoms with E-state index in [0.717, 1.165) is 50.1 Å². The maximum atomic E-state index is 12.5. The van der Waals surface area contributed by atoms with Crippen LogP contribution in [0.1, 0.15) is 41.1 Å². The predicted molar refractivity (Wildman–Crippen MR) is 88.5 cm³/mol. The number of rotatable bonds is 4. The summed E-state index contributed by atoms with van der Waals surface area (Å²) in [6.07, 6.45) is 1.47. The van der Waals surface area contributed by atoms with Crippen LogP contribution < -0.4 is 10.2 Å². The highest BCUT2D eigenvalue weighted by atomic mass is 19.4. The van der Waals surface area contributed by atoms with Gasteiger partial charge in [-0.15, -0.1) is 0 Å². The number of piperidine rings is 1. The maximum Gasteiger partial charge on any atom is 0.433 e. The Labute approximate surface area is 148 Å². The fraction of sp³-hybridized carbons (Fsp3) is 0.412. The molecule has 0 aromatic carbocycles. The van der Waals surface area contributed by atoms with Gasteiger partial charge in [0.1, 0.15) is 17.3 Å². The van der Waals surface area contributed by atoms with Gasteiger partial charge in [0.15, 0.2) is 0 Å². The lowest BCUT2D eigenvalue weighted by Crippen LogP contribution is -2.31. The van der Waals surface area contributed by atoms with Gasteiger partial charge in [-0.2, -0.15) is 13.2 Å². The van der Waals surface area contributed by atoms with Crippen LogP contribution in [0, 0.1) is 0 Å². The normalized spacial score (nSPS) is 15.0. The van der Waals surface area contributed by atoms with Gasteiger partial charge < -0.3 is 10.2 Å². The molecule has 0 spiro atoms. The zero-order valence-corrected chi connectivity index (χ0v) is 14.0. The van der Waals surface area contributed by atoms with Crippen molar-refractivity contribution in [3.63, 3.8) is 0 Å². The van der Waals surface area contributed by atoms with Gasteiger partial charge in [-0.1, -0.05) is 0 Å². The molecule has 26 heavy (non-hydrogen) atoms. The van der Waals surface area contributed by atoms with Crippen molar-refractivity contribution in [1.29, 1.82) is 0 Å². The van der Waals surface area contributed by atoms with Gasteiger partial charge in [-0.3, -0.25) is 9.78 Å². The second-order valence-electron chi connectivity index (χ2n) is 5.99. The average molecular weight is 365 g/mol. The van der Waals surface area contributed by atoms with E-state index in [9.17, 15) is 18.0 Å². The number of hydrogen-bond acceptors (Lipinski definition) is 5. The fourth-order valence-corrected chi connectivity index (χ4v) is 2.73. The number of halogens is 3. The Morgan fingerprint density at radius 1 is 1.12 bits per heavy atom. The molecule has 1 aliphatic rings. The van der Waals surface area contributed by atoms with E-state index in [1.54, 1.807) is 6.20 Å². The topological polar surface area (TPSA) is 71.0 Å². The van der Waals surface area contributed by atoms with Crippen molar-refractivity contribution < 1.29 is 18.0 Å². The third kappa shape index (κ3) is 4.47. The first-order valence-electron chi connectivity index (χ1n) is 8.32. The van der Waals surface area contributed by atoms with Crippen molar-refractivity contribution in [2.75, 3.05) is 18.0 Å². The third-order valence-electron chi connectivity index (χ3n) is 4.09. The average Bonchev–Trinajstić information content (AvgIpc) is 2.66. The molecular formula is C17H18F3N5O. The van der Waals surface area contributed by atoms with Crippen LogP contribution in [0.3, 0.4) is 0 Å². The molecule has 1 fully saturated rings. The molecule has 138 valence electrons. The number of amides is 1. The number of alkyl halides is 3. The largest absolute Gasteiger partial charge is 0.433 e. The second-order valence-corrected chi connectivity index (χ2v) is 5.99. The highest BCUT2D eigenvalue weighted by Crippen LogP contribution is 2.27. The molecule has 0 aliphatic carbocycles. The molecule has 0 saturated carbocycles. The molecule has 1 aliphatic heterocycles. The number of carbonyl (C=O) groups excluding carboxylic acids is 1. The second kappa shape index (κ2) is 7.67. The number of carbonyl (C=O) groups is 1. The van der Waals surface area contributed by atoms with Crippen molar-refractivity contribution in [1.82, 2.24) is 20.3 Å². The highest BCUT2D eigenvalue weighted by Gasteiger charge is 2.32. The molecule has 2 aromatic rings. The first-order valence-corrected chi connectivity index (χ1v) is 8.32. The van der Waals surface area contributed by atoms with Crippen LogP contribution in [0.15, 0.2) is 30.6 Å². The molecule has 1 saturated heterocycles. The molecule has 0 bridgehead atoms. The van der Waals surface area contributed by atoms with Gasteiger partial charge in [-0.05, 0) is 37.5 Å². The first kappa shape index (κ1) is 18.1. The lowest BCUT2D eigenvalue weighted by Gasteiger charge is -2.27. The van der Waals surface area contributed by atoms with Gasteiger partial charge in [0.25, 0.3) is 5.91 Å². The predicted octanol–water partition coefficient (Wildman–Crippen LogP) is 2.81. The molecule has 0 atom stereocenters. The Kier molecular flexibility index (Phi) is 5.34. The van der Waals surface area contributed by atoms with E-state index in [1.165, 1.54) is 6.42 Å². The van der Waals surface area contributed by atoms with Crippen LogP contribution in [0.25, 0.3) is 0 Å². The Hall–Kier alpha value is -2.71. The molecule has 6 nitrogen and oxygen atoms in total. The Morgan fingerprint density at radius 3 is 2.54 bits per heavy atom. The van der Waals surface area contributed by atoms with Crippen molar-refractivity contribution in [2.24, 2.45) is 0 Å². The van der Waals surface area contributed by atoms with Crippen LogP contribution in [0.4, 0.5) is 19.0 Å². The summed E-state index contributed by atoms with van der Waals surface area (Å²) in [4.78, 5) is 26.1. The summed E-state index contributed by atoms with van der Waals surface area (Å²) in [6, 6.07) is 3.70. The van der Waals surface area contributed by atoms with E-state index in [2.05, 4.69) is 25.2 Å². The van der Waals surface area contributed by atoms with Gasteiger partial charge in [-0.25, -0.2) is 9.97 Å². The van der Waals surface area contributed by atoms with Crippen LogP contribution in [-0.2, 0) is 12.7 Å². The van der Waals surface area contributed by atoms with Gasteiger partial charge >= 0.3 is 6.18 Å². The molecule has 0 unspecified atom stereocenters. The maximum absolute atomic E-state index is 12.5. The summed E-state index contributed by atoms with van der Waals surface area (Å²) in [5.41, 5.74) is -0.989. The summed E-state index contributed by atoms with van der Waals surface area (Å²) < 4.78 is 37.5. The zero-order valence-electron chi connectivity index (χ0n) is 14.0. The molecule has 0 radical (unpaired) electrons. The van der Waals surface area contributed by atoms with Crippen molar-refractivity contribution in [3.05, 3.63) is 47.7 Å². The SMILES string of the molecule is O=C(NCc1nccc(N2CCCCC2)n1)c1ccc(C(F)(F)F)nc1. The lowest BCUT2D eigenvalue weighted by atomic mass is 10.1. The molecule has 2 aromatic heterocycles. The number of hydrogen-bond donors (Lipinski definition) is 1. The van der Waals surface area contributed by atoms with Crippen LogP contribution in [-0.4, -0.2) is 33.9 Å². The van der Waals surface area contributed by atoms with Gasteiger partial charge in [0.05, 0.1) is 12.1 Å². The quantitative estimate of drug-likeness (QED) is 0.902. The number of anilines is 1. The van der Waals surface area contributed by atoms with Crippen LogP contribution in [0.2, 0.25) is 0 Å². The molecule has 1 N–H and O–H groups in total. The van der Waals surface area contributed by atoms with E-state index in [4.69, 9.17) is 0 Å². The number of nitrogens with one attached hydrogen (secondary N) is 1. The number of aromatic nitrogens is 3. The molecule has 1 amide bonds. The monoisotopic (exact) mass is 365 g/mol. The Morgan fingerprint density at radius 2 is 1.88 bits per heavy atom. The van der Waals surface area contributed by atoms with E-state index in [0.29, 0.717) is 5.82 Å². The fourth-order valence-electron chi connectivity index (χ4n) is 2.73. The third-order valence-corrected chi connectivity index (χ3v) is 4.09. The molecule has 3 rings (SSSR count). The van der Waals surface area contributed by atoms with E-state index >= 15 is 0 Å². The van der Waals surface area contributed by atoms with Crippen LogP contribution >= 0.6 is 0 Å². The summed E-state index contributed by atoms with van der Waals surface area (Å²) in [6.45, 7) is 1.97. The summed E-state index contributed by atoms with van der Waals surface area (Å²) >= 11 is 0. The highest BCUT2D eigenvalue weighted by molar-refractivity contribution is 5.93. The van der Waals surface area contributed by atoms with Crippen molar-refractivity contribution in [3.8, 4) is 0 Å². The zero-order chi connectivity index (χ0) is 18.6. The Bertz CT molecular complexity index is 758. The number of nitrogens with zero attached hydrogens (tertiary/aromatic N) is 4. The van der Waals surface area contributed by atoms with Crippen molar-refractivity contribution in [2.45, 2.75) is 32.0 Å². The minimum atomic E-state index is -4.53. The van der Waals surface area contributed by atoms with Crippen LogP contribution in [0.5, 0.6) is 0 Å². The summed E-state index contributed by atoms with van der Waals surface area (Å²) in [5, 5.41) is 2.60. The molecular weight excluding hydrogens is 347 g/mol. The minimum absolute atomic E-state index is 0.0465. The number of pyridine rings is 1. The summed E-state index contributed by atoms with van der Waals surface area (Å²) in [7, 11) is 0. The van der Waals surface area contributed by atoms with Gasteiger partial charge in [0.2, 0.25) is 0 Å². The Balaban J connectivity index is 1.60. The first-order chi connectivity index (χ1) is 12.4. The van der Waals surface area contributed by atoms with Crippen molar-refractivity contribution >= 4 is 11.7 Å². The molecule has 3 heterocycles.